The molecule has 2 heterocycles. The van der Waals surface area contributed by atoms with E-state index in [1.54, 1.807) is 6.07 Å². The van der Waals surface area contributed by atoms with Crippen molar-refractivity contribution in [2.24, 2.45) is 5.92 Å². The van der Waals surface area contributed by atoms with Crippen LogP contribution in [0.25, 0.3) is 10.9 Å². The number of hydrogen-bond donors (Lipinski definition) is 2. The Balaban J connectivity index is 1.80. The first-order valence-electron chi connectivity index (χ1n) is 7.20. The highest BCUT2D eigenvalue weighted by atomic mass is 16.4. The van der Waals surface area contributed by atoms with Gasteiger partial charge in [0.05, 0.1) is 17.1 Å². The van der Waals surface area contributed by atoms with E-state index in [-0.39, 0.29) is 12.6 Å². The second kappa shape index (κ2) is 5.63. The molecular formula is C16H17N3O3. The number of aromatic nitrogens is 1. The van der Waals surface area contributed by atoms with Gasteiger partial charge in [0, 0.05) is 24.2 Å². The van der Waals surface area contributed by atoms with E-state index in [9.17, 15) is 9.59 Å². The summed E-state index contributed by atoms with van der Waals surface area (Å²) in [6, 6.07) is 9.21. The van der Waals surface area contributed by atoms with E-state index < -0.39 is 11.9 Å². The zero-order chi connectivity index (χ0) is 15.7. The van der Waals surface area contributed by atoms with Crippen molar-refractivity contribution in [1.82, 2.24) is 9.88 Å². The van der Waals surface area contributed by atoms with Crippen molar-refractivity contribution in [1.29, 1.82) is 0 Å². The Morgan fingerprint density at radius 1 is 1.32 bits per heavy atom. The van der Waals surface area contributed by atoms with Gasteiger partial charge in [-0.15, -0.1) is 0 Å². The maximum absolute atomic E-state index is 12.3. The Hall–Kier alpha value is -2.63. The maximum Gasteiger partial charge on any atom is 0.321 e. The monoisotopic (exact) mass is 299 g/mol. The van der Waals surface area contributed by atoms with E-state index in [2.05, 4.69) is 10.3 Å². The van der Waals surface area contributed by atoms with E-state index in [4.69, 9.17) is 5.11 Å². The number of aryl methyl sites for hydroxylation is 1. The zero-order valence-electron chi connectivity index (χ0n) is 12.2. The van der Waals surface area contributed by atoms with Gasteiger partial charge in [-0.2, -0.15) is 0 Å². The summed E-state index contributed by atoms with van der Waals surface area (Å²) < 4.78 is 0. The standard InChI is InChI=1S/C16H17N3O3/c1-10-5-6-11-3-2-4-13(14(11)17-10)18-16(22)19-8-7-12(9-19)15(20)21/h2-6,12H,7-9H2,1H3,(H,18,22)(H,20,21). The molecular weight excluding hydrogens is 282 g/mol. The number of rotatable bonds is 2. The Bertz CT molecular complexity index is 744. The average Bonchev–Trinajstić information content (AvgIpc) is 2.98. The maximum atomic E-state index is 12.3. The topological polar surface area (TPSA) is 82.5 Å². The van der Waals surface area contributed by atoms with Crippen molar-refractivity contribution in [2.75, 3.05) is 18.4 Å². The van der Waals surface area contributed by atoms with Crippen LogP contribution in [0.4, 0.5) is 10.5 Å². The number of anilines is 1. The fraction of sp³-hybridized carbons (Fsp3) is 0.312. The number of nitrogens with one attached hydrogen (secondary N) is 1. The first kappa shape index (κ1) is 14.3. The molecule has 1 aromatic heterocycles. The Morgan fingerprint density at radius 2 is 2.14 bits per heavy atom. The number of benzene rings is 1. The summed E-state index contributed by atoms with van der Waals surface area (Å²) in [6.45, 7) is 2.61. The predicted octanol–water partition coefficient (Wildman–Crippen LogP) is 2.48. The Labute approximate surface area is 127 Å². The molecule has 6 heteroatoms. The fourth-order valence-electron chi connectivity index (χ4n) is 2.69. The highest BCUT2D eigenvalue weighted by molar-refractivity contribution is 5.99. The summed E-state index contributed by atoms with van der Waals surface area (Å²) in [7, 11) is 0. The second-order valence-electron chi connectivity index (χ2n) is 5.53. The van der Waals surface area contributed by atoms with Crippen molar-refractivity contribution in [2.45, 2.75) is 13.3 Å². The Kier molecular flexibility index (Phi) is 3.66. The lowest BCUT2D eigenvalue weighted by Gasteiger charge is -2.17. The minimum Gasteiger partial charge on any atom is -0.481 e. The molecule has 1 atom stereocenters. The fourth-order valence-corrected chi connectivity index (χ4v) is 2.69. The number of para-hydroxylation sites is 1. The highest BCUT2D eigenvalue weighted by Crippen LogP contribution is 2.23. The van der Waals surface area contributed by atoms with Crippen molar-refractivity contribution in [3.8, 4) is 0 Å². The van der Waals surface area contributed by atoms with Crippen molar-refractivity contribution in [3.63, 3.8) is 0 Å². The van der Waals surface area contributed by atoms with Crippen LogP contribution < -0.4 is 5.32 Å². The molecule has 2 N–H and O–H groups in total. The molecule has 1 aliphatic heterocycles. The molecule has 1 aromatic carbocycles. The van der Waals surface area contributed by atoms with Crippen LogP contribution in [0.1, 0.15) is 12.1 Å². The number of carbonyl (C=O) groups is 2. The van der Waals surface area contributed by atoms with Gasteiger partial charge in [-0.3, -0.25) is 9.78 Å². The summed E-state index contributed by atoms with van der Waals surface area (Å²) in [4.78, 5) is 29.3. The van der Waals surface area contributed by atoms with Crippen molar-refractivity contribution < 1.29 is 14.7 Å². The van der Waals surface area contributed by atoms with Gasteiger partial charge in [0.1, 0.15) is 0 Å². The van der Waals surface area contributed by atoms with Crippen LogP contribution in [-0.4, -0.2) is 40.1 Å². The van der Waals surface area contributed by atoms with E-state index >= 15 is 0 Å². The van der Waals surface area contributed by atoms with E-state index in [1.165, 1.54) is 4.90 Å². The summed E-state index contributed by atoms with van der Waals surface area (Å²) >= 11 is 0. The molecule has 0 aliphatic carbocycles. The molecule has 0 radical (unpaired) electrons. The molecule has 0 bridgehead atoms. The number of carboxylic acid groups (broad SMARTS) is 1. The molecule has 1 aliphatic rings. The average molecular weight is 299 g/mol. The molecule has 2 aromatic rings. The molecule has 2 amide bonds. The largest absolute Gasteiger partial charge is 0.481 e. The lowest BCUT2D eigenvalue weighted by molar-refractivity contribution is -0.141. The van der Waals surface area contributed by atoms with Crippen LogP contribution in [0.5, 0.6) is 0 Å². The number of likely N-dealkylation sites (tertiary alicyclic amines) is 1. The van der Waals surface area contributed by atoms with Gasteiger partial charge in [-0.1, -0.05) is 18.2 Å². The van der Waals surface area contributed by atoms with Crippen LogP contribution in [-0.2, 0) is 4.79 Å². The second-order valence-corrected chi connectivity index (χ2v) is 5.53. The molecule has 0 spiro atoms. The first-order chi connectivity index (χ1) is 10.5. The SMILES string of the molecule is Cc1ccc2cccc(NC(=O)N3CCC(C(=O)O)C3)c2n1. The molecule has 3 rings (SSSR count). The number of aliphatic carboxylic acids is 1. The summed E-state index contributed by atoms with van der Waals surface area (Å²) in [5.74, 6) is -1.32. The molecule has 114 valence electrons. The van der Waals surface area contributed by atoms with Crippen LogP contribution in [0, 0.1) is 12.8 Å². The number of nitrogens with zero attached hydrogens (tertiary/aromatic N) is 2. The summed E-state index contributed by atoms with van der Waals surface area (Å²) in [5, 5.41) is 12.8. The van der Waals surface area contributed by atoms with E-state index in [0.29, 0.717) is 18.7 Å². The molecule has 1 fully saturated rings. The van der Waals surface area contributed by atoms with Gasteiger partial charge in [-0.25, -0.2) is 4.79 Å². The number of carbonyl (C=O) groups excluding carboxylic acids is 1. The minimum absolute atomic E-state index is 0.248. The number of hydrogen-bond acceptors (Lipinski definition) is 3. The van der Waals surface area contributed by atoms with Gasteiger partial charge in [0.15, 0.2) is 0 Å². The number of urea groups is 1. The van der Waals surface area contributed by atoms with Crippen molar-refractivity contribution in [3.05, 3.63) is 36.0 Å². The summed E-state index contributed by atoms with van der Waals surface area (Å²) in [5.41, 5.74) is 2.26. The highest BCUT2D eigenvalue weighted by Gasteiger charge is 2.30. The smallest absolute Gasteiger partial charge is 0.321 e. The third-order valence-corrected chi connectivity index (χ3v) is 3.93. The molecule has 1 unspecified atom stereocenters. The number of carboxylic acids is 1. The molecule has 22 heavy (non-hydrogen) atoms. The Morgan fingerprint density at radius 3 is 2.86 bits per heavy atom. The third-order valence-electron chi connectivity index (χ3n) is 3.93. The first-order valence-corrected chi connectivity index (χ1v) is 7.20. The van der Waals surface area contributed by atoms with Crippen molar-refractivity contribution >= 4 is 28.6 Å². The van der Waals surface area contributed by atoms with Gasteiger partial charge < -0.3 is 15.3 Å². The van der Waals surface area contributed by atoms with Gasteiger partial charge >= 0.3 is 12.0 Å². The molecule has 1 saturated heterocycles. The lowest BCUT2D eigenvalue weighted by Crippen LogP contribution is -2.33. The zero-order valence-corrected chi connectivity index (χ0v) is 12.2. The van der Waals surface area contributed by atoms with E-state index in [0.717, 1.165) is 16.6 Å². The van der Waals surface area contributed by atoms with Crippen LogP contribution in [0.2, 0.25) is 0 Å². The molecule has 6 nitrogen and oxygen atoms in total. The van der Waals surface area contributed by atoms with Gasteiger partial charge in [-0.05, 0) is 25.5 Å². The predicted molar refractivity (Wildman–Crippen MR) is 82.8 cm³/mol. The van der Waals surface area contributed by atoms with Crippen LogP contribution in [0.3, 0.4) is 0 Å². The van der Waals surface area contributed by atoms with Gasteiger partial charge in [0.2, 0.25) is 0 Å². The summed E-state index contributed by atoms with van der Waals surface area (Å²) in [6.07, 6.45) is 0.496. The lowest BCUT2D eigenvalue weighted by atomic mass is 10.1. The van der Waals surface area contributed by atoms with Crippen LogP contribution in [0.15, 0.2) is 30.3 Å². The quantitative estimate of drug-likeness (QED) is 0.892. The molecule has 0 saturated carbocycles. The number of fused-ring (bicyclic) bond motifs is 1. The number of amides is 2. The third kappa shape index (κ3) is 2.72. The van der Waals surface area contributed by atoms with E-state index in [1.807, 2.05) is 31.2 Å². The number of pyridine rings is 1. The van der Waals surface area contributed by atoms with Gasteiger partial charge in [0.25, 0.3) is 0 Å². The normalized spacial score (nSPS) is 17.7. The minimum atomic E-state index is -0.849. The van der Waals surface area contributed by atoms with Crippen LogP contribution >= 0.6 is 0 Å².